The van der Waals surface area contributed by atoms with Crippen LogP contribution >= 0.6 is 0 Å². The van der Waals surface area contributed by atoms with Crippen LogP contribution in [0.3, 0.4) is 0 Å². The maximum atomic E-state index is 13.8. The number of phenols is 2. The van der Waals surface area contributed by atoms with Crippen LogP contribution < -0.4 is 14.9 Å². The lowest BCUT2D eigenvalue weighted by Gasteiger charge is -2.40. The smallest absolute Gasteiger partial charge is 0.303 e. The highest BCUT2D eigenvalue weighted by Gasteiger charge is 2.47. The van der Waals surface area contributed by atoms with E-state index in [-0.39, 0.29) is 33.8 Å². The van der Waals surface area contributed by atoms with Crippen LogP contribution in [0.1, 0.15) is 20.8 Å². The van der Waals surface area contributed by atoms with E-state index < -0.39 is 84.3 Å². The minimum Gasteiger partial charge on any atom is -0.508 e. The molecule has 15 heteroatoms. The fraction of sp³-hybridized carbons (Fsp3) is 0.448. The Morgan fingerprint density at radius 1 is 0.795 bits per heavy atom. The van der Waals surface area contributed by atoms with E-state index in [2.05, 4.69) is 0 Å². The second-order valence-corrected chi connectivity index (χ2v) is 10.6. The van der Waals surface area contributed by atoms with E-state index in [0.29, 0.717) is 0 Å². The predicted molar refractivity (Wildman–Crippen MR) is 147 cm³/mol. The number of rotatable bonds is 6. The summed E-state index contributed by atoms with van der Waals surface area (Å²) in [6.07, 6.45) is -14.3. The number of fused-ring (bicyclic) bond motifs is 1. The molecule has 0 saturated carbocycles. The van der Waals surface area contributed by atoms with Gasteiger partial charge in [-0.05, 0) is 38.1 Å². The lowest BCUT2D eigenvalue weighted by molar-refractivity contribution is -0.272. The molecule has 3 aromatic rings. The number of ether oxygens (including phenoxy) is 5. The van der Waals surface area contributed by atoms with Crippen LogP contribution in [0.25, 0.3) is 22.3 Å². The van der Waals surface area contributed by atoms with E-state index in [1.165, 1.54) is 44.2 Å². The average Bonchev–Trinajstić information content (AvgIpc) is 2.97. The lowest BCUT2D eigenvalue weighted by Crippen LogP contribution is -2.59. The van der Waals surface area contributed by atoms with Crippen LogP contribution in [-0.2, 0) is 19.0 Å². The zero-order valence-corrected chi connectivity index (χ0v) is 23.6. The molecule has 2 fully saturated rings. The Labute approximate surface area is 249 Å². The normalized spacial score (nSPS) is 32.3. The fourth-order valence-electron chi connectivity index (χ4n) is 5.05. The molecule has 5 rings (SSSR count). The van der Waals surface area contributed by atoms with Gasteiger partial charge in [-0.2, -0.15) is 0 Å². The van der Waals surface area contributed by atoms with Crippen molar-refractivity contribution >= 4 is 16.9 Å². The Kier molecular flexibility index (Phi) is 8.73. The summed E-state index contributed by atoms with van der Waals surface area (Å²) in [7, 11) is 0. The summed E-state index contributed by atoms with van der Waals surface area (Å²) < 4.78 is 33.5. The number of aromatic hydroxyl groups is 2. The summed E-state index contributed by atoms with van der Waals surface area (Å²) in [5, 5.41) is 72.0. The highest BCUT2D eigenvalue weighted by atomic mass is 16.7. The van der Waals surface area contributed by atoms with Crippen molar-refractivity contribution in [3.8, 4) is 34.3 Å². The maximum Gasteiger partial charge on any atom is 0.303 e. The first-order valence-corrected chi connectivity index (χ1v) is 13.6. The van der Waals surface area contributed by atoms with Gasteiger partial charge in [-0.25, -0.2) is 0 Å². The second-order valence-electron chi connectivity index (χ2n) is 10.6. The van der Waals surface area contributed by atoms with E-state index >= 15 is 0 Å². The maximum absolute atomic E-state index is 13.8. The van der Waals surface area contributed by atoms with Gasteiger partial charge in [0.2, 0.25) is 23.8 Å². The van der Waals surface area contributed by atoms with Gasteiger partial charge >= 0.3 is 5.97 Å². The van der Waals surface area contributed by atoms with Gasteiger partial charge in [0, 0.05) is 24.6 Å². The summed E-state index contributed by atoms with van der Waals surface area (Å²) in [6.45, 7) is 4.05. The molecule has 2 aliphatic rings. The minimum atomic E-state index is -1.79. The van der Waals surface area contributed by atoms with E-state index in [1.54, 1.807) is 0 Å². The molecule has 0 spiro atoms. The number of phenolic OH excluding ortho intramolecular Hbond substituents is 2. The molecule has 238 valence electrons. The summed E-state index contributed by atoms with van der Waals surface area (Å²) >= 11 is 0. The Bertz CT molecular complexity index is 1570. The third-order valence-electron chi connectivity index (χ3n) is 7.41. The Morgan fingerprint density at radius 2 is 1.41 bits per heavy atom. The van der Waals surface area contributed by atoms with E-state index in [9.17, 15) is 45.3 Å². The number of carbonyl (C=O) groups is 1. The zero-order valence-electron chi connectivity index (χ0n) is 23.6. The largest absolute Gasteiger partial charge is 0.508 e. The number of benzene rings is 2. The van der Waals surface area contributed by atoms with Gasteiger partial charge < -0.3 is 63.8 Å². The molecule has 0 bridgehead atoms. The molecular weight excluding hydrogens is 588 g/mol. The van der Waals surface area contributed by atoms with Crippen molar-refractivity contribution in [2.45, 2.75) is 82.2 Å². The highest BCUT2D eigenvalue weighted by molar-refractivity contribution is 5.88. The quantitative estimate of drug-likeness (QED) is 0.178. The molecule has 2 aromatic carbocycles. The minimum absolute atomic E-state index is 0.0974. The Morgan fingerprint density at radius 3 is 2.07 bits per heavy atom. The molecule has 1 aromatic heterocycles. The predicted octanol–water partition coefficient (Wildman–Crippen LogP) is -0.145. The van der Waals surface area contributed by atoms with Crippen molar-refractivity contribution in [3.63, 3.8) is 0 Å². The lowest BCUT2D eigenvalue weighted by atomic mass is 9.99. The number of carbonyl (C=O) groups excluding carboxylic acids is 1. The van der Waals surface area contributed by atoms with Crippen molar-refractivity contribution in [3.05, 3.63) is 46.6 Å². The van der Waals surface area contributed by atoms with Crippen molar-refractivity contribution in [1.29, 1.82) is 0 Å². The third-order valence-corrected chi connectivity index (χ3v) is 7.41. The van der Waals surface area contributed by atoms with Crippen LogP contribution in [-0.4, -0.2) is 103 Å². The Hall–Kier alpha value is -3.96. The SMILES string of the molecule is CC(=O)O[C@@H]1[C@@H](O)[C@H](O)[C@H](Oc2c(-c3ccc(O)cc3)oc3cc(O[C@@H]4O[C@@H](C)[C@H](O)[C@@H](O)[C@H]4O)cc(O)c3c2=O)O[C@H]1C. The number of hydrogen-bond acceptors (Lipinski definition) is 15. The van der Waals surface area contributed by atoms with Crippen molar-refractivity contribution in [2.75, 3.05) is 0 Å². The molecule has 7 N–H and O–H groups in total. The monoisotopic (exact) mass is 620 g/mol. The van der Waals surface area contributed by atoms with Crippen LogP contribution in [0.5, 0.6) is 23.0 Å². The van der Waals surface area contributed by atoms with E-state index in [1.807, 2.05) is 0 Å². The van der Waals surface area contributed by atoms with Gasteiger partial charge in [0.05, 0.1) is 12.2 Å². The van der Waals surface area contributed by atoms with Crippen molar-refractivity contribution < 1.29 is 68.6 Å². The number of hydrogen-bond donors (Lipinski definition) is 7. The molecular formula is C29H32O15. The van der Waals surface area contributed by atoms with Gasteiger partial charge in [0.1, 0.15) is 58.7 Å². The van der Waals surface area contributed by atoms with E-state index in [4.69, 9.17) is 28.1 Å². The van der Waals surface area contributed by atoms with Gasteiger partial charge in [-0.15, -0.1) is 0 Å². The van der Waals surface area contributed by atoms with Crippen LogP contribution in [0.2, 0.25) is 0 Å². The standard InChI is InChI=1S/C29H32O15/c1-10-19(33)21(35)23(37)28(39-10)42-15-8-16(32)18-17(9-15)43-26(13-4-6-14(31)7-5-13)27(20(18)34)44-29-24(38)22(36)25(11(2)40-29)41-12(3)30/h4-11,19,21-25,28-29,31-33,35-38H,1-3H3/t10-,11-,19-,21+,22-,23+,24-,25-,28-,29-/m0/s1. The van der Waals surface area contributed by atoms with E-state index in [0.717, 1.165) is 13.0 Å². The molecule has 0 unspecified atom stereocenters. The molecule has 2 saturated heterocycles. The van der Waals surface area contributed by atoms with Gasteiger partial charge in [-0.1, -0.05) is 0 Å². The summed E-state index contributed by atoms with van der Waals surface area (Å²) in [5.74, 6) is -2.34. The molecule has 3 heterocycles. The molecule has 15 nitrogen and oxygen atoms in total. The van der Waals surface area contributed by atoms with Gasteiger partial charge in [-0.3, -0.25) is 9.59 Å². The molecule has 0 amide bonds. The van der Waals surface area contributed by atoms with Crippen molar-refractivity contribution in [2.24, 2.45) is 0 Å². The molecule has 2 aliphatic heterocycles. The first kappa shape index (κ1) is 31.5. The summed E-state index contributed by atoms with van der Waals surface area (Å²) in [5.41, 5.74) is -0.913. The summed E-state index contributed by atoms with van der Waals surface area (Å²) in [4.78, 5) is 25.3. The fourth-order valence-corrected chi connectivity index (χ4v) is 5.05. The van der Waals surface area contributed by atoms with Crippen LogP contribution in [0, 0.1) is 0 Å². The number of aliphatic hydroxyl groups excluding tert-OH is 5. The number of esters is 1. The molecule has 0 aliphatic carbocycles. The van der Waals surface area contributed by atoms with Crippen molar-refractivity contribution in [1.82, 2.24) is 0 Å². The average molecular weight is 621 g/mol. The third kappa shape index (κ3) is 5.90. The highest BCUT2D eigenvalue weighted by Crippen LogP contribution is 2.38. The number of aliphatic hydroxyl groups is 5. The topological polar surface area (TPSA) is 235 Å². The van der Waals surface area contributed by atoms with Gasteiger partial charge in [0.25, 0.3) is 0 Å². The zero-order chi connectivity index (χ0) is 32.0. The Balaban J connectivity index is 1.55. The molecule has 10 atom stereocenters. The second kappa shape index (κ2) is 12.2. The summed E-state index contributed by atoms with van der Waals surface area (Å²) in [6, 6.07) is 7.67. The molecule has 44 heavy (non-hydrogen) atoms. The van der Waals surface area contributed by atoms with Gasteiger partial charge in [0.15, 0.2) is 11.9 Å². The van der Waals surface area contributed by atoms with Crippen LogP contribution in [0.4, 0.5) is 0 Å². The first-order valence-electron chi connectivity index (χ1n) is 13.6. The first-order chi connectivity index (χ1) is 20.8. The van der Waals surface area contributed by atoms with Crippen LogP contribution in [0.15, 0.2) is 45.6 Å². The molecule has 0 radical (unpaired) electrons.